The van der Waals surface area contributed by atoms with E-state index < -0.39 is 0 Å². The maximum Gasteiger partial charge on any atom is 0.317 e. The molecule has 2 rings (SSSR count). The number of carbonyl (C=O) groups is 1. The van der Waals surface area contributed by atoms with Crippen molar-refractivity contribution in [2.45, 2.75) is 6.42 Å². The first-order valence-corrected chi connectivity index (χ1v) is 5.84. The van der Waals surface area contributed by atoms with Crippen molar-refractivity contribution in [3.05, 3.63) is 12.2 Å². The molecule has 0 radical (unpaired) electrons. The van der Waals surface area contributed by atoms with E-state index in [9.17, 15) is 4.79 Å². The summed E-state index contributed by atoms with van der Waals surface area (Å²) < 4.78 is 1.91. The fraction of sp³-hybridized carbons (Fsp3) is 0.700. The Bertz CT molecular complexity index is 377. The van der Waals surface area contributed by atoms with Gasteiger partial charge in [-0.2, -0.15) is 0 Å². The van der Waals surface area contributed by atoms with Crippen molar-refractivity contribution in [2.24, 2.45) is 7.05 Å². The Morgan fingerprint density at radius 2 is 2.41 bits per heavy atom. The van der Waals surface area contributed by atoms with Crippen LogP contribution in [0.15, 0.2) is 6.33 Å². The molecular weight excluding hydrogens is 220 g/mol. The van der Waals surface area contributed by atoms with Gasteiger partial charge in [0.2, 0.25) is 0 Å². The Balaban J connectivity index is 1.58. The van der Waals surface area contributed by atoms with Gasteiger partial charge < -0.3 is 20.1 Å². The van der Waals surface area contributed by atoms with Crippen LogP contribution in [0.3, 0.4) is 0 Å². The summed E-state index contributed by atoms with van der Waals surface area (Å²) in [6.07, 6.45) is 2.55. The van der Waals surface area contributed by atoms with Crippen molar-refractivity contribution in [2.75, 3.05) is 32.7 Å². The molecule has 1 saturated heterocycles. The van der Waals surface area contributed by atoms with Crippen LogP contribution in [0.1, 0.15) is 5.82 Å². The van der Waals surface area contributed by atoms with E-state index in [2.05, 4.69) is 20.8 Å². The Morgan fingerprint density at radius 3 is 3.06 bits per heavy atom. The summed E-state index contributed by atoms with van der Waals surface area (Å²) in [5.74, 6) is 0.969. The highest BCUT2D eigenvalue weighted by molar-refractivity contribution is 5.76. The zero-order valence-electron chi connectivity index (χ0n) is 10.0. The van der Waals surface area contributed by atoms with E-state index >= 15 is 0 Å². The number of hydrogen-bond donors (Lipinski definition) is 2. The van der Waals surface area contributed by atoms with Crippen LogP contribution >= 0.6 is 0 Å². The average molecular weight is 238 g/mol. The van der Waals surface area contributed by atoms with Gasteiger partial charge in [0.25, 0.3) is 0 Å². The van der Waals surface area contributed by atoms with Gasteiger partial charge in [0.05, 0.1) is 0 Å². The molecule has 1 aliphatic rings. The molecule has 2 amide bonds. The van der Waals surface area contributed by atoms with Crippen LogP contribution in [0.5, 0.6) is 0 Å². The predicted octanol–water partition coefficient (Wildman–Crippen LogP) is -1.03. The minimum absolute atomic E-state index is 0.0418. The maximum atomic E-state index is 11.2. The lowest BCUT2D eigenvalue weighted by Crippen LogP contribution is -2.35. The molecule has 1 aromatic heterocycles. The summed E-state index contributed by atoms with van der Waals surface area (Å²) in [5.41, 5.74) is 0. The van der Waals surface area contributed by atoms with Gasteiger partial charge >= 0.3 is 6.03 Å². The van der Waals surface area contributed by atoms with Gasteiger partial charge in [0, 0.05) is 46.2 Å². The molecule has 1 aromatic rings. The first-order valence-electron chi connectivity index (χ1n) is 5.84. The fourth-order valence-electron chi connectivity index (χ4n) is 1.80. The molecule has 0 aromatic carbocycles. The van der Waals surface area contributed by atoms with Crippen molar-refractivity contribution < 1.29 is 4.79 Å². The lowest BCUT2D eigenvalue weighted by Gasteiger charge is -2.14. The largest absolute Gasteiger partial charge is 0.336 e. The predicted molar refractivity (Wildman–Crippen MR) is 62.5 cm³/mol. The Morgan fingerprint density at radius 1 is 1.53 bits per heavy atom. The SMILES string of the molecule is Cn1cnnc1CCNCCN1CCNC1=O. The fourth-order valence-corrected chi connectivity index (χ4v) is 1.80. The number of urea groups is 1. The van der Waals surface area contributed by atoms with E-state index in [0.717, 1.165) is 45.0 Å². The van der Waals surface area contributed by atoms with Crippen molar-refractivity contribution >= 4 is 6.03 Å². The highest BCUT2D eigenvalue weighted by atomic mass is 16.2. The molecule has 0 saturated carbocycles. The van der Waals surface area contributed by atoms with Gasteiger partial charge in [0.1, 0.15) is 12.2 Å². The van der Waals surface area contributed by atoms with E-state index in [1.807, 2.05) is 16.5 Å². The Kier molecular flexibility index (Phi) is 3.92. The summed E-state index contributed by atoms with van der Waals surface area (Å²) in [5, 5.41) is 13.9. The van der Waals surface area contributed by atoms with Gasteiger partial charge in [-0.1, -0.05) is 0 Å². The smallest absolute Gasteiger partial charge is 0.317 e. The normalized spacial score (nSPS) is 15.4. The monoisotopic (exact) mass is 238 g/mol. The summed E-state index contributed by atoms with van der Waals surface area (Å²) >= 11 is 0. The third-order valence-corrected chi connectivity index (χ3v) is 2.83. The highest BCUT2D eigenvalue weighted by Gasteiger charge is 2.17. The number of nitrogens with zero attached hydrogens (tertiary/aromatic N) is 4. The molecule has 0 bridgehead atoms. The van der Waals surface area contributed by atoms with Crippen molar-refractivity contribution in [1.29, 1.82) is 0 Å². The quantitative estimate of drug-likeness (QED) is 0.622. The van der Waals surface area contributed by atoms with E-state index in [1.165, 1.54) is 0 Å². The minimum Gasteiger partial charge on any atom is -0.336 e. The first kappa shape index (κ1) is 11.8. The molecule has 0 atom stereocenters. The van der Waals surface area contributed by atoms with Gasteiger partial charge in [-0.25, -0.2) is 4.79 Å². The minimum atomic E-state index is 0.0418. The highest BCUT2D eigenvalue weighted by Crippen LogP contribution is 1.95. The van der Waals surface area contributed by atoms with Crippen molar-refractivity contribution in [3.63, 3.8) is 0 Å². The summed E-state index contributed by atoms with van der Waals surface area (Å²) in [6.45, 7) is 3.99. The van der Waals surface area contributed by atoms with Gasteiger partial charge in [-0.15, -0.1) is 10.2 Å². The van der Waals surface area contributed by atoms with Crippen LogP contribution in [0.25, 0.3) is 0 Å². The Labute approximate surface area is 100 Å². The third kappa shape index (κ3) is 3.16. The third-order valence-electron chi connectivity index (χ3n) is 2.83. The van der Waals surface area contributed by atoms with E-state index in [1.54, 1.807) is 6.33 Å². The maximum absolute atomic E-state index is 11.2. The second-order valence-electron chi connectivity index (χ2n) is 4.08. The zero-order chi connectivity index (χ0) is 12.1. The number of aryl methyl sites for hydroxylation is 1. The van der Waals surface area contributed by atoms with Crippen LogP contribution in [0, 0.1) is 0 Å². The molecule has 0 aliphatic carbocycles. The van der Waals surface area contributed by atoms with E-state index in [4.69, 9.17) is 0 Å². The first-order chi connectivity index (χ1) is 8.27. The van der Waals surface area contributed by atoms with Gasteiger partial charge in [-0.05, 0) is 0 Å². The molecule has 0 unspecified atom stereocenters. The molecule has 0 spiro atoms. The average Bonchev–Trinajstić information content (AvgIpc) is 2.89. The second kappa shape index (κ2) is 5.62. The molecular formula is C10H18N6O. The molecule has 94 valence electrons. The van der Waals surface area contributed by atoms with Crippen LogP contribution in [-0.2, 0) is 13.5 Å². The van der Waals surface area contributed by atoms with Crippen LogP contribution in [0.2, 0.25) is 0 Å². The summed E-state index contributed by atoms with van der Waals surface area (Å²) in [6, 6.07) is 0.0418. The lowest BCUT2D eigenvalue weighted by atomic mass is 10.4. The van der Waals surface area contributed by atoms with Gasteiger partial charge in [0.15, 0.2) is 0 Å². The second-order valence-corrected chi connectivity index (χ2v) is 4.08. The molecule has 7 heteroatoms. The number of hydrogen-bond acceptors (Lipinski definition) is 4. The van der Waals surface area contributed by atoms with E-state index in [0.29, 0.717) is 0 Å². The zero-order valence-corrected chi connectivity index (χ0v) is 10.0. The molecule has 1 aliphatic heterocycles. The molecule has 1 fully saturated rings. The van der Waals surface area contributed by atoms with Gasteiger partial charge in [-0.3, -0.25) is 0 Å². The standard InChI is InChI=1S/C10H18N6O/c1-15-8-13-14-9(15)2-3-11-4-6-16-7-5-12-10(16)17/h8,11H,2-7H2,1H3,(H,12,17). The topological polar surface area (TPSA) is 75.1 Å². The van der Waals surface area contributed by atoms with E-state index in [-0.39, 0.29) is 6.03 Å². The van der Waals surface area contributed by atoms with Crippen LogP contribution in [0.4, 0.5) is 4.79 Å². The summed E-state index contributed by atoms with van der Waals surface area (Å²) in [4.78, 5) is 13.0. The number of aromatic nitrogens is 3. The summed E-state index contributed by atoms with van der Waals surface area (Å²) in [7, 11) is 1.93. The number of rotatable bonds is 6. The Hall–Kier alpha value is -1.63. The van der Waals surface area contributed by atoms with Crippen LogP contribution < -0.4 is 10.6 Å². The van der Waals surface area contributed by atoms with Crippen LogP contribution in [-0.4, -0.2) is 58.4 Å². The number of amides is 2. The van der Waals surface area contributed by atoms with Crippen molar-refractivity contribution in [1.82, 2.24) is 30.3 Å². The number of carbonyl (C=O) groups excluding carboxylic acids is 1. The van der Waals surface area contributed by atoms with Crippen molar-refractivity contribution in [3.8, 4) is 0 Å². The molecule has 2 heterocycles. The lowest BCUT2D eigenvalue weighted by molar-refractivity contribution is 0.217. The molecule has 2 N–H and O–H groups in total. The molecule has 17 heavy (non-hydrogen) atoms. The number of nitrogens with one attached hydrogen (secondary N) is 2. The molecule has 7 nitrogen and oxygen atoms in total.